The molecule has 5 heteroatoms. The number of carbonyl (C=O) groups is 1. The van der Waals surface area contributed by atoms with Gasteiger partial charge in [-0.25, -0.2) is 0 Å². The van der Waals surface area contributed by atoms with E-state index in [0.717, 1.165) is 6.42 Å². The van der Waals surface area contributed by atoms with E-state index in [0.29, 0.717) is 22.7 Å². The largest absolute Gasteiger partial charge is 0.493 e. The lowest BCUT2D eigenvalue weighted by Gasteiger charge is -2.08. The maximum atomic E-state index is 12.3. The van der Waals surface area contributed by atoms with E-state index in [1.165, 1.54) is 18.7 Å². The van der Waals surface area contributed by atoms with E-state index < -0.39 is 5.91 Å². The standard InChI is InChI=1S/C20H20N2O3/c1-4-14-5-8-17(9-6-14)22-20(23)16(13-21)11-15-7-10-18(24-2)19(12-15)25-3/h5-12H,4H2,1-3H3,(H,22,23). The third kappa shape index (κ3) is 4.61. The highest BCUT2D eigenvalue weighted by Crippen LogP contribution is 2.28. The number of rotatable bonds is 6. The molecule has 0 heterocycles. The van der Waals surface area contributed by atoms with Crippen molar-refractivity contribution in [2.24, 2.45) is 0 Å². The van der Waals surface area contributed by atoms with Crippen molar-refractivity contribution in [3.63, 3.8) is 0 Å². The molecule has 0 atom stereocenters. The molecule has 0 aliphatic carbocycles. The van der Waals surface area contributed by atoms with Gasteiger partial charge in [0.25, 0.3) is 5.91 Å². The van der Waals surface area contributed by atoms with Crippen molar-refractivity contribution in [2.75, 3.05) is 19.5 Å². The predicted molar refractivity (Wildman–Crippen MR) is 97.6 cm³/mol. The van der Waals surface area contributed by atoms with Crippen molar-refractivity contribution < 1.29 is 14.3 Å². The van der Waals surface area contributed by atoms with Gasteiger partial charge < -0.3 is 14.8 Å². The Kier molecular flexibility index (Phi) is 6.19. The van der Waals surface area contributed by atoms with Crippen molar-refractivity contribution in [3.8, 4) is 17.6 Å². The second-order valence-electron chi connectivity index (χ2n) is 5.29. The molecule has 1 N–H and O–H groups in total. The highest BCUT2D eigenvalue weighted by Gasteiger charge is 2.11. The molecule has 0 aromatic heterocycles. The van der Waals surface area contributed by atoms with Gasteiger partial charge in [0, 0.05) is 5.69 Å². The number of benzene rings is 2. The SMILES string of the molecule is CCc1ccc(NC(=O)C(C#N)=Cc2ccc(OC)c(OC)c2)cc1. The summed E-state index contributed by atoms with van der Waals surface area (Å²) in [4.78, 5) is 12.3. The van der Waals surface area contributed by atoms with Crippen LogP contribution in [0.5, 0.6) is 11.5 Å². The molecule has 0 spiro atoms. The maximum absolute atomic E-state index is 12.3. The van der Waals surface area contributed by atoms with Crippen LogP contribution in [0, 0.1) is 11.3 Å². The molecule has 2 rings (SSSR count). The zero-order chi connectivity index (χ0) is 18.2. The average Bonchev–Trinajstić information content (AvgIpc) is 2.66. The third-order valence-electron chi connectivity index (χ3n) is 3.70. The lowest BCUT2D eigenvalue weighted by atomic mass is 10.1. The van der Waals surface area contributed by atoms with Crippen LogP contribution in [-0.2, 0) is 11.2 Å². The summed E-state index contributed by atoms with van der Waals surface area (Å²) in [6.45, 7) is 2.06. The number of nitrogens with zero attached hydrogens (tertiary/aromatic N) is 1. The van der Waals surface area contributed by atoms with Crippen LogP contribution < -0.4 is 14.8 Å². The van der Waals surface area contributed by atoms with Crippen LogP contribution in [-0.4, -0.2) is 20.1 Å². The first-order valence-corrected chi connectivity index (χ1v) is 7.85. The van der Waals surface area contributed by atoms with Crippen LogP contribution in [0.25, 0.3) is 6.08 Å². The molecule has 2 aromatic carbocycles. The number of hydrogen-bond donors (Lipinski definition) is 1. The lowest BCUT2D eigenvalue weighted by molar-refractivity contribution is -0.112. The number of anilines is 1. The van der Waals surface area contributed by atoms with Crippen molar-refractivity contribution in [1.82, 2.24) is 0 Å². The minimum absolute atomic E-state index is 0.00629. The van der Waals surface area contributed by atoms with Crippen molar-refractivity contribution >= 4 is 17.7 Å². The monoisotopic (exact) mass is 336 g/mol. The Labute approximate surface area is 147 Å². The first kappa shape index (κ1) is 18.1. The Morgan fingerprint density at radius 3 is 2.36 bits per heavy atom. The summed E-state index contributed by atoms with van der Waals surface area (Å²) < 4.78 is 10.4. The molecule has 0 saturated carbocycles. The fraction of sp³-hybridized carbons (Fsp3) is 0.200. The van der Waals surface area contributed by atoms with Gasteiger partial charge in [-0.2, -0.15) is 5.26 Å². The molecule has 0 radical (unpaired) electrons. The fourth-order valence-corrected chi connectivity index (χ4v) is 2.28. The van der Waals surface area contributed by atoms with Crippen LogP contribution in [0.1, 0.15) is 18.1 Å². The Morgan fingerprint density at radius 2 is 1.80 bits per heavy atom. The molecular weight excluding hydrogens is 316 g/mol. The highest BCUT2D eigenvalue weighted by atomic mass is 16.5. The molecular formula is C20H20N2O3. The third-order valence-corrected chi connectivity index (χ3v) is 3.70. The Hall–Kier alpha value is -3.26. The van der Waals surface area contributed by atoms with E-state index in [1.807, 2.05) is 30.3 Å². The number of ether oxygens (including phenoxy) is 2. The van der Waals surface area contributed by atoms with E-state index in [4.69, 9.17) is 9.47 Å². The van der Waals surface area contributed by atoms with Gasteiger partial charge in [-0.15, -0.1) is 0 Å². The average molecular weight is 336 g/mol. The molecule has 0 aliphatic rings. The maximum Gasteiger partial charge on any atom is 0.266 e. The molecule has 0 unspecified atom stereocenters. The van der Waals surface area contributed by atoms with Gasteiger partial charge >= 0.3 is 0 Å². The summed E-state index contributed by atoms with van der Waals surface area (Å²) in [6.07, 6.45) is 2.44. The molecule has 0 fully saturated rings. The zero-order valence-electron chi connectivity index (χ0n) is 14.5. The number of methoxy groups -OCH3 is 2. The summed E-state index contributed by atoms with van der Waals surface area (Å²) in [6, 6.07) is 14.7. The summed E-state index contributed by atoms with van der Waals surface area (Å²) in [5.74, 6) is 0.657. The highest BCUT2D eigenvalue weighted by molar-refractivity contribution is 6.09. The van der Waals surface area contributed by atoms with Gasteiger partial charge in [0.2, 0.25) is 0 Å². The van der Waals surface area contributed by atoms with Crippen LogP contribution in [0.3, 0.4) is 0 Å². The normalized spacial score (nSPS) is 10.7. The van der Waals surface area contributed by atoms with Crippen molar-refractivity contribution in [2.45, 2.75) is 13.3 Å². The van der Waals surface area contributed by atoms with Gasteiger partial charge in [-0.3, -0.25) is 4.79 Å². The van der Waals surface area contributed by atoms with Crippen molar-refractivity contribution in [3.05, 3.63) is 59.2 Å². The number of carbonyl (C=O) groups excluding carboxylic acids is 1. The molecule has 2 aromatic rings. The van der Waals surface area contributed by atoms with E-state index in [2.05, 4.69) is 12.2 Å². The first-order valence-electron chi connectivity index (χ1n) is 7.85. The van der Waals surface area contributed by atoms with Gasteiger partial charge in [-0.1, -0.05) is 25.1 Å². The van der Waals surface area contributed by atoms with Gasteiger partial charge in [-0.05, 0) is 47.9 Å². The molecule has 128 valence electrons. The van der Waals surface area contributed by atoms with Crippen LogP contribution in [0.2, 0.25) is 0 Å². The molecule has 25 heavy (non-hydrogen) atoms. The number of aryl methyl sites for hydroxylation is 1. The van der Waals surface area contributed by atoms with Gasteiger partial charge in [0.1, 0.15) is 11.6 Å². The van der Waals surface area contributed by atoms with E-state index in [1.54, 1.807) is 25.3 Å². The lowest BCUT2D eigenvalue weighted by Crippen LogP contribution is -2.13. The number of hydrogen-bond acceptors (Lipinski definition) is 4. The molecule has 1 amide bonds. The topological polar surface area (TPSA) is 71.4 Å². The number of nitrogens with one attached hydrogen (secondary N) is 1. The Balaban J connectivity index is 2.21. The quantitative estimate of drug-likeness (QED) is 0.643. The predicted octanol–water partition coefficient (Wildman–Crippen LogP) is 3.81. The molecule has 0 aliphatic heterocycles. The Bertz CT molecular complexity index is 818. The summed E-state index contributed by atoms with van der Waals surface area (Å²) in [5, 5.41) is 12.0. The fourth-order valence-electron chi connectivity index (χ4n) is 2.28. The zero-order valence-corrected chi connectivity index (χ0v) is 14.5. The Morgan fingerprint density at radius 1 is 1.12 bits per heavy atom. The molecule has 5 nitrogen and oxygen atoms in total. The van der Waals surface area contributed by atoms with Crippen LogP contribution in [0.15, 0.2) is 48.0 Å². The van der Waals surface area contributed by atoms with E-state index in [-0.39, 0.29) is 5.57 Å². The van der Waals surface area contributed by atoms with Crippen molar-refractivity contribution in [1.29, 1.82) is 5.26 Å². The van der Waals surface area contributed by atoms with E-state index in [9.17, 15) is 10.1 Å². The smallest absolute Gasteiger partial charge is 0.266 e. The second kappa shape index (κ2) is 8.55. The summed E-state index contributed by atoms with van der Waals surface area (Å²) in [7, 11) is 3.08. The van der Waals surface area contributed by atoms with Gasteiger partial charge in [0.15, 0.2) is 11.5 Å². The minimum atomic E-state index is -0.457. The summed E-state index contributed by atoms with van der Waals surface area (Å²) >= 11 is 0. The van der Waals surface area contributed by atoms with Crippen LogP contribution >= 0.6 is 0 Å². The van der Waals surface area contributed by atoms with E-state index >= 15 is 0 Å². The minimum Gasteiger partial charge on any atom is -0.493 e. The van der Waals surface area contributed by atoms with Crippen LogP contribution in [0.4, 0.5) is 5.69 Å². The first-order chi connectivity index (χ1) is 12.1. The van der Waals surface area contributed by atoms with Gasteiger partial charge in [0.05, 0.1) is 14.2 Å². The number of amides is 1. The summed E-state index contributed by atoms with van der Waals surface area (Å²) in [5.41, 5.74) is 2.51. The number of nitriles is 1. The second-order valence-corrected chi connectivity index (χ2v) is 5.29. The molecule has 0 bridgehead atoms. The molecule has 0 saturated heterocycles.